The second kappa shape index (κ2) is 12.4. The molecule has 8 nitrogen and oxygen atoms in total. The van der Waals surface area contributed by atoms with Gasteiger partial charge in [-0.1, -0.05) is 59.6 Å². The number of hydrogen-bond donors (Lipinski definition) is 0. The Bertz CT molecular complexity index is 1480. The Morgan fingerprint density at radius 2 is 1.41 bits per heavy atom. The fourth-order valence-electron chi connectivity index (χ4n) is 5.38. The summed E-state index contributed by atoms with van der Waals surface area (Å²) in [5, 5.41) is 2.88. The van der Waals surface area contributed by atoms with Gasteiger partial charge in [-0.3, -0.25) is 4.90 Å². The molecule has 2 aliphatic heterocycles. The number of nitrogens with zero attached hydrogens (tertiary/aromatic N) is 3. The number of piperazine rings is 1. The zero-order valence-corrected chi connectivity index (χ0v) is 25.1. The van der Waals surface area contributed by atoms with Crippen molar-refractivity contribution in [1.29, 1.82) is 0 Å². The van der Waals surface area contributed by atoms with E-state index in [9.17, 15) is 13.2 Å². The lowest BCUT2D eigenvalue weighted by molar-refractivity contribution is -0.126. The molecule has 2 aliphatic rings. The van der Waals surface area contributed by atoms with Crippen molar-refractivity contribution < 1.29 is 22.8 Å². The summed E-state index contributed by atoms with van der Waals surface area (Å²) in [7, 11) is -2.25. The summed E-state index contributed by atoms with van der Waals surface area (Å²) in [5.41, 5.74) is 4.58. The fraction of sp³-hybridized carbons (Fsp3) is 0.300. The van der Waals surface area contributed by atoms with Gasteiger partial charge in [0.15, 0.2) is 9.84 Å². The number of halogens is 2. The van der Waals surface area contributed by atoms with Crippen LogP contribution in [-0.2, 0) is 19.4 Å². The second-order valence-corrected chi connectivity index (χ2v) is 13.0. The average Bonchev–Trinajstić information content (AvgIpc) is 2.93. The third-order valence-corrected chi connectivity index (χ3v) is 9.07. The van der Waals surface area contributed by atoms with Crippen molar-refractivity contribution in [1.82, 2.24) is 9.96 Å². The lowest BCUT2D eigenvalue weighted by atomic mass is 9.92. The molecule has 3 aromatic rings. The summed E-state index contributed by atoms with van der Waals surface area (Å²) in [5.74, 6) is 0. The maximum absolute atomic E-state index is 13.1. The number of benzene rings is 3. The van der Waals surface area contributed by atoms with Gasteiger partial charge in [0.1, 0.15) is 0 Å². The van der Waals surface area contributed by atoms with E-state index in [1.807, 2.05) is 72.8 Å². The largest absolute Gasteiger partial charge is 0.527 e. The van der Waals surface area contributed by atoms with Crippen LogP contribution in [0.2, 0.25) is 10.0 Å². The van der Waals surface area contributed by atoms with Crippen LogP contribution in [0.4, 0.5) is 10.5 Å². The Morgan fingerprint density at radius 3 is 1.93 bits per heavy atom. The van der Waals surface area contributed by atoms with E-state index >= 15 is 0 Å². The predicted octanol–water partition coefficient (Wildman–Crippen LogP) is 5.67. The standard InChI is InChI=1S/C30H31Cl2N3O5S/c1-39-30(36)40-35-16-14-33(15-17-35)27-5-3-4-23(18-27)29(41(2,37)38)24-19-34(20-24)28(21-6-10-25(31)11-7-21)22-8-12-26(32)13-9-22/h3-13,18,28H,14-17,19-20H2,1-2H3. The van der Waals surface area contributed by atoms with Crippen LogP contribution in [0.25, 0.3) is 4.91 Å². The van der Waals surface area contributed by atoms with E-state index in [1.165, 1.54) is 13.4 Å². The molecule has 0 amide bonds. The second-order valence-electron chi connectivity index (χ2n) is 10.1. The average molecular weight is 617 g/mol. The van der Waals surface area contributed by atoms with Crippen LogP contribution in [0.3, 0.4) is 0 Å². The molecule has 11 heteroatoms. The molecule has 41 heavy (non-hydrogen) atoms. The Balaban J connectivity index is 1.39. The van der Waals surface area contributed by atoms with E-state index in [1.54, 1.807) is 5.06 Å². The van der Waals surface area contributed by atoms with Gasteiger partial charge in [-0.2, -0.15) is 0 Å². The van der Waals surface area contributed by atoms with Gasteiger partial charge in [0, 0.05) is 48.2 Å². The van der Waals surface area contributed by atoms with Crippen molar-refractivity contribution in [2.24, 2.45) is 0 Å². The van der Waals surface area contributed by atoms with Gasteiger partial charge in [0.2, 0.25) is 0 Å². The zero-order chi connectivity index (χ0) is 29.1. The number of likely N-dealkylation sites (tertiary alicyclic amines) is 1. The molecule has 0 bridgehead atoms. The highest BCUT2D eigenvalue weighted by atomic mass is 35.5. The normalized spacial score (nSPS) is 16.4. The molecular weight excluding hydrogens is 585 g/mol. The van der Waals surface area contributed by atoms with E-state index in [-0.39, 0.29) is 6.04 Å². The topological polar surface area (TPSA) is 79.4 Å². The summed E-state index contributed by atoms with van der Waals surface area (Å²) in [6.07, 6.45) is 0.525. The van der Waals surface area contributed by atoms with Crippen LogP contribution >= 0.6 is 23.2 Å². The van der Waals surface area contributed by atoms with E-state index in [0.29, 0.717) is 59.8 Å². The molecule has 2 saturated heterocycles. The molecule has 0 spiro atoms. The van der Waals surface area contributed by atoms with Gasteiger partial charge in [-0.15, -0.1) is 5.06 Å². The molecule has 0 N–H and O–H groups in total. The molecular formula is C30H31Cl2N3O5S. The predicted molar refractivity (Wildman–Crippen MR) is 162 cm³/mol. The molecule has 0 radical (unpaired) electrons. The van der Waals surface area contributed by atoms with Crippen molar-refractivity contribution in [3.05, 3.63) is 105 Å². The molecule has 2 fully saturated rings. The van der Waals surface area contributed by atoms with Crippen LogP contribution in [0.1, 0.15) is 22.7 Å². The highest BCUT2D eigenvalue weighted by Gasteiger charge is 2.35. The van der Waals surface area contributed by atoms with Crippen LogP contribution in [0.15, 0.2) is 78.4 Å². The minimum Gasteiger partial charge on any atom is -0.436 e. The minimum absolute atomic E-state index is 0.0797. The maximum Gasteiger partial charge on any atom is 0.527 e. The molecule has 0 unspecified atom stereocenters. The number of carbonyl (C=O) groups excluding carboxylic acids is 1. The third kappa shape index (κ3) is 6.88. The number of hydroxylamine groups is 2. The van der Waals surface area contributed by atoms with Gasteiger partial charge in [0.25, 0.3) is 0 Å². The Hall–Kier alpha value is -3.08. The smallest absolute Gasteiger partial charge is 0.436 e. The number of carbonyl (C=O) groups is 1. The summed E-state index contributed by atoms with van der Waals surface area (Å²) in [6.45, 7) is 3.25. The number of hydrogen-bond acceptors (Lipinski definition) is 8. The highest BCUT2D eigenvalue weighted by Crippen LogP contribution is 2.39. The maximum atomic E-state index is 13.1. The minimum atomic E-state index is -3.52. The molecule has 2 heterocycles. The van der Waals surface area contributed by atoms with Gasteiger partial charge in [-0.05, 0) is 58.7 Å². The quantitative estimate of drug-likeness (QED) is 0.314. The lowest BCUT2D eigenvalue weighted by Crippen LogP contribution is -2.47. The molecule has 0 aromatic heterocycles. The van der Waals surface area contributed by atoms with E-state index < -0.39 is 16.0 Å². The third-order valence-electron chi connectivity index (χ3n) is 7.30. The van der Waals surface area contributed by atoms with E-state index in [2.05, 4.69) is 14.5 Å². The van der Waals surface area contributed by atoms with Crippen LogP contribution in [-0.4, -0.2) is 77.2 Å². The number of anilines is 1. The highest BCUT2D eigenvalue weighted by molar-refractivity contribution is 8.00. The van der Waals surface area contributed by atoms with Crippen molar-refractivity contribution in [2.45, 2.75) is 6.04 Å². The van der Waals surface area contributed by atoms with Gasteiger partial charge in [-0.25, -0.2) is 13.2 Å². The first-order valence-electron chi connectivity index (χ1n) is 13.2. The van der Waals surface area contributed by atoms with Crippen LogP contribution < -0.4 is 4.90 Å². The first kappa shape index (κ1) is 29.4. The van der Waals surface area contributed by atoms with E-state index in [4.69, 9.17) is 28.0 Å². The monoisotopic (exact) mass is 615 g/mol. The first-order valence-corrected chi connectivity index (χ1v) is 15.8. The van der Waals surface area contributed by atoms with Crippen LogP contribution in [0, 0.1) is 0 Å². The zero-order valence-electron chi connectivity index (χ0n) is 22.8. The summed E-state index contributed by atoms with van der Waals surface area (Å²) >= 11 is 12.3. The molecule has 0 atom stereocenters. The van der Waals surface area contributed by atoms with Crippen LogP contribution in [0.5, 0.6) is 0 Å². The lowest BCUT2D eigenvalue weighted by Gasteiger charge is -2.42. The molecule has 0 aliphatic carbocycles. The molecule has 3 aromatic carbocycles. The number of sulfone groups is 1. The SMILES string of the molecule is COC(=O)ON1CCN(c2cccc(C(=C3CN(C(c4ccc(Cl)cc4)c4ccc(Cl)cc4)C3)S(C)(=O)=O)c2)CC1. The van der Waals surface area contributed by atoms with Gasteiger partial charge >= 0.3 is 6.16 Å². The summed E-state index contributed by atoms with van der Waals surface area (Å²) in [6, 6.07) is 23.0. The molecule has 216 valence electrons. The molecule has 5 rings (SSSR count). The Morgan fingerprint density at radius 1 is 0.854 bits per heavy atom. The molecule has 0 saturated carbocycles. The van der Waals surface area contributed by atoms with Crippen molar-refractivity contribution in [2.75, 3.05) is 57.5 Å². The number of methoxy groups -OCH3 is 1. The van der Waals surface area contributed by atoms with Crippen molar-refractivity contribution >= 4 is 49.8 Å². The Kier molecular flexibility index (Phi) is 8.91. The Labute approximate surface area is 250 Å². The van der Waals surface area contributed by atoms with Gasteiger partial charge < -0.3 is 14.5 Å². The summed E-state index contributed by atoms with van der Waals surface area (Å²) in [4.78, 5) is 21.3. The van der Waals surface area contributed by atoms with Crippen molar-refractivity contribution in [3.8, 4) is 0 Å². The first-order chi connectivity index (χ1) is 19.6. The summed E-state index contributed by atoms with van der Waals surface area (Å²) < 4.78 is 30.8. The fourth-order valence-corrected chi connectivity index (χ4v) is 6.84. The number of ether oxygens (including phenoxy) is 1. The van der Waals surface area contributed by atoms with Crippen molar-refractivity contribution in [3.63, 3.8) is 0 Å². The number of rotatable bonds is 7. The van der Waals surface area contributed by atoms with E-state index in [0.717, 1.165) is 22.4 Å². The van der Waals surface area contributed by atoms with Gasteiger partial charge in [0.05, 0.1) is 31.1 Å².